The van der Waals surface area contributed by atoms with Gasteiger partial charge in [0.2, 0.25) is 5.91 Å². The molecule has 6 heteroatoms. The maximum atomic E-state index is 12.6. The van der Waals surface area contributed by atoms with Gasteiger partial charge in [0.05, 0.1) is 0 Å². The summed E-state index contributed by atoms with van der Waals surface area (Å²) in [5.74, 6) is 0.168. The van der Waals surface area contributed by atoms with E-state index in [0.29, 0.717) is 18.5 Å². The summed E-state index contributed by atoms with van der Waals surface area (Å²) in [6.45, 7) is 6.43. The van der Waals surface area contributed by atoms with Crippen LogP contribution in [0, 0.1) is 0 Å². The van der Waals surface area contributed by atoms with Crippen LogP contribution < -0.4 is 10.2 Å². The lowest BCUT2D eigenvalue weighted by Crippen LogP contribution is -2.44. The number of carbonyl (C=O) groups excluding carboxylic acids is 2. The lowest BCUT2D eigenvalue weighted by molar-refractivity contribution is -0.127. The van der Waals surface area contributed by atoms with E-state index in [1.807, 2.05) is 29.2 Å². The summed E-state index contributed by atoms with van der Waals surface area (Å²) in [5.41, 5.74) is 4.07. The highest BCUT2D eigenvalue weighted by Gasteiger charge is 2.19. The number of hydrogen-bond donors (Lipinski definition) is 1. The number of amides is 2. The molecule has 2 fully saturated rings. The lowest BCUT2D eigenvalue weighted by Gasteiger charge is -2.34. The van der Waals surface area contributed by atoms with Gasteiger partial charge in [-0.15, -0.1) is 0 Å². The smallest absolute Gasteiger partial charge is 0.251 e. The van der Waals surface area contributed by atoms with Crippen molar-refractivity contribution in [3.63, 3.8) is 0 Å². The highest BCUT2D eigenvalue weighted by Crippen LogP contribution is 2.24. The van der Waals surface area contributed by atoms with E-state index in [1.54, 1.807) is 0 Å². The minimum Gasteiger partial charge on any atom is -0.369 e. The number of carbonyl (C=O) groups is 2. The summed E-state index contributed by atoms with van der Waals surface area (Å²) in [6.07, 6.45) is 2.40. The fourth-order valence-electron chi connectivity index (χ4n) is 4.28. The molecule has 2 heterocycles. The van der Waals surface area contributed by atoms with E-state index in [1.165, 1.54) is 5.69 Å². The maximum absolute atomic E-state index is 12.6. The minimum atomic E-state index is -0.0661. The molecule has 0 aliphatic carbocycles. The summed E-state index contributed by atoms with van der Waals surface area (Å²) in [4.78, 5) is 30.9. The topological polar surface area (TPSA) is 55.9 Å². The van der Waals surface area contributed by atoms with E-state index in [0.717, 1.165) is 63.2 Å². The number of rotatable bonds is 7. The average molecular weight is 421 g/mol. The van der Waals surface area contributed by atoms with Crippen LogP contribution in [0.4, 0.5) is 5.69 Å². The molecule has 2 aromatic rings. The largest absolute Gasteiger partial charge is 0.369 e. The molecule has 0 atom stereocenters. The van der Waals surface area contributed by atoms with Gasteiger partial charge in [0.25, 0.3) is 5.91 Å². The number of piperazine rings is 1. The molecular weight excluding hydrogens is 388 g/mol. The van der Waals surface area contributed by atoms with Crippen molar-refractivity contribution in [2.24, 2.45) is 0 Å². The highest BCUT2D eigenvalue weighted by molar-refractivity contribution is 5.95. The fraction of sp³-hybridized carbons (Fsp3) is 0.440. The Morgan fingerprint density at radius 2 is 1.74 bits per heavy atom. The third-order valence-corrected chi connectivity index (χ3v) is 6.26. The zero-order valence-electron chi connectivity index (χ0n) is 18.3. The summed E-state index contributed by atoms with van der Waals surface area (Å²) in [5, 5.41) is 2.98. The van der Waals surface area contributed by atoms with Crippen molar-refractivity contribution in [1.82, 2.24) is 15.1 Å². The molecule has 0 radical (unpaired) electrons. The molecule has 2 aliphatic heterocycles. The lowest BCUT2D eigenvalue weighted by atomic mass is 10.0. The SMILES string of the molecule is CN1CCN(c2ccc(-c3cccc(C(=O)NCCCN4CCCC4=O)c3)cc2)CC1. The van der Waals surface area contributed by atoms with Crippen molar-refractivity contribution < 1.29 is 9.59 Å². The molecule has 6 nitrogen and oxygen atoms in total. The fourth-order valence-corrected chi connectivity index (χ4v) is 4.28. The van der Waals surface area contributed by atoms with Crippen LogP contribution in [-0.2, 0) is 4.79 Å². The van der Waals surface area contributed by atoms with E-state index in [-0.39, 0.29) is 11.8 Å². The van der Waals surface area contributed by atoms with E-state index >= 15 is 0 Å². The van der Waals surface area contributed by atoms with E-state index < -0.39 is 0 Å². The van der Waals surface area contributed by atoms with E-state index in [9.17, 15) is 9.59 Å². The summed E-state index contributed by atoms with van der Waals surface area (Å²) < 4.78 is 0. The van der Waals surface area contributed by atoms with E-state index in [2.05, 4.69) is 46.4 Å². The van der Waals surface area contributed by atoms with Gasteiger partial charge < -0.3 is 20.0 Å². The first kappa shape index (κ1) is 21.4. The number of nitrogens with zero attached hydrogens (tertiary/aromatic N) is 3. The standard InChI is InChI=1S/C25H32N4O2/c1-27-15-17-28(18-16-27)23-10-8-20(9-11-23)21-5-2-6-22(19-21)25(31)26-12-4-14-29-13-3-7-24(29)30/h2,5-6,8-11,19H,3-4,7,12-18H2,1H3,(H,26,31). The molecule has 0 bridgehead atoms. The first-order chi connectivity index (χ1) is 15.1. The van der Waals surface area contributed by atoms with Crippen molar-refractivity contribution in [3.8, 4) is 11.1 Å². The Balaban J connectivity index is 1.32. The van der Waals surface area contributed by atoms with Crippen LogP contribution in [0.5, 0.6) is 0 Å². The van der Waals surface area contributed by atoms with Crippen LogP contribution in [0.15, 0.2) is 48.5 Å². The van der Waals surface area contributed by atoms with Crippen molar-refractivity contribution in [2.75, 3.05) is 57.8 Å². The molecule has 1 N–H and O–H groups in total. The highest BCUT2D eigenvalue weighted by atomic mass is 16.2. The second kappa shape index (κ2) is 9.96. The third kappa shape index (κ3) is 5.44. The molecule has 2 amide bonds. The van der Waals surface area contributed by atoms with Gasteiger partial charge in [-0.05, 0) is 55.3 Å². The summed E-state index contributed by atoms with van der Waals surface area (Å²) in [7, 11) is 2.16. The number of benzene rings is 2. The Hall–Kier alpha value is -2.86. The number of hydrogen-bond acceptors (Lipinski definition) is 4. The monoisotopic (exact) mass is 420 g/mol. The maximum Gasteiger partial charge on any atom is 0.251 e. The molecule has 0 aromatic heterocycles. The van der Waals surface area contributed by atoms with Crippen molar-refractivity contribution >= 4 is 17.5 Å². The van der Waals surface area contributed by atoms with Crippen molar-refractivity contribution in [2.45, 2.75) is 19.3 Å². The van der Waals surface area contributed by atoms with Gasteiger partial charge in [-0.3, -0.25) is 9.59 Å². The van der Waals surface area contributed by atoms with Gasteiger partial charge in [0.1, 0.15) is 0 Å². The molecule has 2 aliphatic rings. The van der Waals surface area contributed by atoms with Crippen molar-refractivity contribution in [1.29, 1.82) is 0 Å². The molecule has 4 rings (SSSR count). The quantitative estimate of drug-likeness (QED) is 0.700. The molecule has 0 unspecified atom stereocenters. The van der Waals surface area contributed by atoms with Crippen LogP contribution >= 0.6 is 0 Å². The Morgan fingerprint density at radius 3 is 2.45 bits per heavy atom. The molecule has 164 valence electrons. The predicted molar refractivity (Wildman–Crippen MR) is 124 cm³/mol. The first-order valence-corrected chi connectivity index (χ1v) is 11.3. The zero-order chi connectivity index (χ0) is 21.6. The van der Waals surface area contributed by atoms with Crippen LogP contribution in [0.25, 0.3) is 11.1 Å². The molecular formula is C25H32N4O2. The molecule has 0 saturated carbocycles. The van der Waals surface area contributed by atoms with Gasteiger partial charge in [-0.2, -0.15) is 0 Å². The Bertz CT molecular complexity index is 904. The number of likely N-dealkylation sites (N-methyl/N-ethyl adjacent to an activating group) is 1. The number of nitrogens with one attached hydrogen (secondary N) is 1. The molecule has 0 spiro atoms. The summed E-state index contributed by atoms with van der Waals surface area (Å²) in [6, 6.07) is 16.4. The third-order valence-electron chi connectivity index (χ3n) is 6.26. The van der Waals surface area contributed by atoms with Crippen LogP contribution in [0.3, 0.4) is 0 Å². The van der Waals surface area contributed by atoms with Crippen LogP contribution in [-0.4, -0.2) is 74.5 Å². The first-order valence-electron chi connectivity index (χ1n) is 11.3. The zero-order valence-corrected chi connectivity index (χ0v) is 18.3. The number of likely N-dealkylation sites (tertiary alicyclic amines) is 1. The average Bonchev–Trinajstić information content (AvgIpc) is 3.22. The molecule has 2 saturated heterocycles. The predicted octanol–water partition coefficient (Wildman–Crippen LogP) is 2.85. The van der Waals surface area contributed by atoms with Gasteiger partial charge in [-0.25, -0.2) is 0 Å². The Morgan fingerprint density at radius 1 is 0.968 bits per heavy atom. The van der Waals surface area contributed by atoms with Gasteiger partial charge in [0, 0.05) is 63.5 Å². The second-order valence-electron chi connectivity index (χ2n) is 8.51. The number of anilines is 1. The van der Waals surface area contributed by atoms with Gasteiger partial charge >= 0.3 is 0 Å². The molecule has 31 heavy (non-hydrogen) atoms. The summed E-state index contributed by atoms with van der Waals surface area (Å²) >= 11 is 0. The van der Waals surface area contributed by atoms with Crippen LogP contribution in [0.2, 0.25) is 0 Å². The van der Waals surface area contributed by atoms with Gasteiger partial charge in [0.15, 0.2) is 0 Å². The van der Waals surface area contributed by atoms with E-state index in [4.69, 9.17) is 0 Å². The van der Waals surface area contributed by atoms with Gasteiger partial charge in [-0.1, -0.05) is 24.3 Å². The normalized spacial score (nSPS) is 17.3. The Labute approximate surface area is 184 Å². The minimum absolute atomic E-state index is 0.0661. The Kier molecular flexibility index (Phi) is 6.87. The van der Waals surface area contributed by atoms with Crippen LogP contribution in [0.1, 0.15) is 29.6 Å². The van der Waals surface area contributed by atoms with Crippen molar-refractivity contribution in [3.05, 3.63) is 54.1 Å². The molecule has 2 aromatic carbocycles. The second-order valence-corrected chi connectivity index (χ2v) is 8.51.